The number of hydrogen-bond donors (Lipinski definition) is 0. The summed E-state index contributed by atoms with van der Waals surface area (Å²) in [6, 6.07) is 13.7. The summed E-state index contributed by atoms with van der Waals surface area (Å²) in [5, 5.41) is 2.04. The molecule has 0 saturated carbocycles. The van der Waals surface area contributed by atoms with Gasteiger partial charge >= 0.3 is 6.16 Å². The molecule has 0 aliphatic rings. The summed E-state index contributed by atoms with van der Waals surface area (Å²) in [5.74, 6) is 0.730. The van der Waals surface area contributed by atoms with Crippen LogP contribution in [0.4, 0.5) is 4.79 Å². The number of hydrogen-bond acceptors (Lipinski definition) is 5. The lowest BCUT2D eigenvalue weighted by Gasteiger charge is -2.30. The number of fused-ring (bicyclic) bond motifs is 1. The van der Waals surface area contributed by atoms with E-state index in [1.165, 1.54) is 7.11 Å². The van der Waals surface area contributed by atoms with Crippen LogP contribution in [0, 0.1) is 0 Å². The molecule has 1 unspecified atom stereocenters. The smallest absolute Gasteiger partial charge is 0.489 e. The highest BCUT2D eigenvalue weighted by molar-refractivity contribution is 5.88. The topological polar surface area (TPSA) is 65.1 Å². The minimum absolute atomic E-state index is 0.0136. The summed E-state index contributed by atoms with van der Waals surface area (Å²) in [4.78, 5) is 25.8. The number of rotatable bonds is 9. The van der Waals surface area contributed by atoms with Crippen molar-refractivity contribution in [2.75, 3.05) is 20.3 Å². The SMILES string of the molecule is CCCC(=O)N(CC(COc1cccc2ccccc12)OC(=O)OC)C(C)C. The summed E-state index contributed by atoms with van der Waals surface area (Å²) in [5.41, 5.74) is 0. The molecule has 0 spiro atoms. The quantitative estimate of drug-likeness (QED) is 0.597. The molecule has 1 amide bonds. The Kier molecular flexibility index (Phi) is 8.11. The molecule has 0 heterocycles. The number of ether oxygens (including phenoxy) is 3. The van der Waals surface area contributed by atoms with Crippen molar-refractivity contribution in [2.45, 2.75) is 45.8 Å². The Bertz CT molecular complexity index is 784. The van der Waals surface area contributed by atoms with E-state index in [2.05, 4.69) is 4.74 Å². The highest BCUT2D eigenvalue weighted by Gasteiger charge is 2.25. The number of nitrogens with zero attached hydrogens (tertiary/aromatic N) is 1. The van der Waals surface area contributed by atoms with Crippen LogP contribution in [0.3, 0.4) is 0 Å². The molecule has 0 radical (unpaired) electrons. The fourth-order valence-corrected chi connectivity index (χ4v) is 2.99. The predicted molar refractivity (Wildman–Crippen MR) is 108 cm³/mol. The molecule has 152 valence electrons. The van der Waals surface area contributed by atoms with Crippen molar-refractivity contribution in [1.29, 1.82) is 0 Å². The van der Waals surface area contributed by atoms with Gasteiger partial charge in [-0.15, -0.1) is 0 Å². The van der Waals surface area contributed by atoms with Crippen molar-refractivity contribution in [2.24, 2.45) is 0 Å². The maximum atomic E-state index is 12.4. The predicted octanol–water partition coefficient (Wildman–Crippen LogP) is 4.41. The van der Waals surface area contributed by atoms with Gasteiger partial charge in [-0.2, -0.15) is 0 Å². The number of methoxy groups -OCH3 is 1. The van der Waals surface area contributed by atoms with Crippen LogP contribution in [-0.4, -0.2) is 49.4 Å². The van der Waals surface area contributed by atoms with Gasteiger partial charge in [-0.3, -0.25) is 4.79 Å². The van der Waals surface area contributed by atoms with Crippen LogP contribution in [0.5, 0.6) is 5.75 Å². The second-order valence-corrected chi connectivity index (χ2v) is 6.87. The van der Waals surface area contributed by atoms with E-state index in [4.69, 9.17) is 9.47 Å². The van der Waals surface area contributed by atoms with E-state index in [-0.39, 0.29) is 25.1 Å². The third-order valence-electron chi connectivity index (χ3n) is 4.41. The Labute approximate surface area is 166 Å². The molecule has 0 aliphatic carbocycles. The summed E-state index contributed by atoms with van der Waals surface area (Å²) >= 11 is 0. The van der Waals surface area contributed by atoms with Crippen LogP contribution < -0.4 is 4.74 Å². The first-order valence-corrected chi connectivity index (χ1v) is 9.60. The lowest BCUT2D eigenvalue weighted by Crippen LogP contribution is -2.45. The van der Waals surface area contributed by atoms with Crippen LogP contribution in [0.25, 0.3) is 10.8 Å². The molecule has 6 heteroatoms. The zero-order valence-corrected chi connectivity index (χ0v) is 17.0. The number of benzene rings is 2. The molecule has 0 fully saturated rings. The largest absolute Gasteiger partial charge is 0.508 e. The molecule has 1 atom stereocenters. The highest BCUT2D eigenvalue weighted by Crippen LogP contribution is 2.25. The average molecular weight is 387 g/mol. The molecule has 6 nitrogen and oxygen atoms in total. The molecule has 0 N–H and O–H groups in total. The van der Waals surface area contributed by atoms with Crippen LogP contribution in [0.1, 0.15) is 33.6 Å². The van der Waals surface area contributed by atoms with Gasteiger partial charge in [-0.1, -0.05) is 43.3 Å². The molecule has 0 saturated heterocycles. The van der Waals surface area contributed by atoms with Gasteiger partial charge in [0, 0.05) is 17.8 Å². The molecule has 0 aliphatic heterocycles. The summed E-state index contributed by atoms with van der Waals surface area (Å²) in [7, 11) is 1.26. The van der Waals surface area contributed by atoms with Crippen LogP contribution in [-0.2, 0) is 14.3 Å². The van der Waals surface area contributed by atoms with E-state index >= 15 is 0 Å². The Balaban J connectivity index is 2.15. The fraction of sp³-hybridized carbons (Fsp3) is 0.455. The first-order chi connectivity index (χ1) is 13.5. The van der Waals surface area contributed by atoms with Gasteiger partial charge in [0.2, 0.25) is 5.91 Å². The van der Waals surface area contributed by atoms with E-state index in [1.807, 2.05) is 63.2 Å². The molecule has 2 rings (SSSR count). The number of carbonyl (C=O) groups excluding carboxylic acids is 2. The van der Waals surface area contributed by atoms with Crippen LogP contribution in [0.2, 0.25) is 0 Å². The Hall–Kier alpha value is -2.76. The Morgan fingerprint density at radius 3 is 2.46 bits per heavy atom. The van der Waals surface area contributed by atoms with Gasteiger partial charge < -0.3 is 19.1 Å². The molecule has 0 bridgehead atoms. The summed E-state index contributed by atoms with van der Waals surface area (Å²) < 4.78 is 16.0. The Morgan fingerprint density at radius 1 is 1.07 bits per heavy atom. The molecule has 28 heavy (non-hydrogen) atoms. The minimum Gasteiger partial charge on any atom is -0.489 e. The first-order valence-electron chi connectivity index (χ1n) is 9.60. The maximum absolute atomic E-state index is 12.4. The average Bonchev–Trinajstić information content (AvgIpc) is 2.69. The van der Waals surface area contributed by atoms with Crippen molar-refractivity contribution in [1.82, 2.24) is 4.90 Å². The van der Waals surface area contributed by atoms with Crippen LogP contribution >= 0.6 is 0 Å². The maximum Gasteiger partial charge on any atom is 0.508 e. The lowest BCUT2D eigenvalue weighted by atomic mass is 10.1. The van der Waals surface area contributed by atoms with E-state index < -0.39 is 12.3 Å². The van der Waals surface area contributed by atoms with E-state index in [0.717, 1.165) is 17.2 Å². The lowest BCUT2D eigenvalue weighted by molar-refractivity contribution is -0.135. The summed E-state index contributed by atoms with van der Waals surface area (Å²) in [6.45, 7) is 6.20. The Morgan fingerprint density at radius 2 is 1.79 bits per heavy atom. The van der Waals surface area contributed by atoms with Gasteiger partial charge in [0.25, 0.3) is 0 Å². The van der Waals surface area contributed by atoms with Crippen molar-refractivity contribution in [3.8, 4) is 5.75 Å². The standard InChI is InChI=1S/C22H29NO5/c1-5-9-21(24)23(16(2)3)14-18(28-22(25)26-4)15-27-20-13-8-11-17-10-6-7-12-19(17)20/h6-8,10-13,16,18H,5,9,14-15H2,1-4H3. The highest BCUT2D eigenvalue weighted by atomic mass is 16.7. The third kappa shape index (κ3) is 5.87. The molecular weight excluding hydrogens is 358 g/mol. The van der Waals surface area contributed by atoms with Gasteiger partial charge in [-0.05, 0) is 31.7 Å². The minimum atomic E-state index is -0.793. The van der Waals surface area contributed by atoms with E-state index in [0.29, 0.717) is 12.2 Å². The van der Waals surface area contributed by atoms with Crippen molar-refractivity contribution in [3.63, 3.8) is 0 Å². The molecular formula is C22H29NO5. The monoisotopic (exact) mass is 387 g/mol. The molecule has 2 aromatic rings. The van der Waals surface area contributed by atoms with Gasteiger partial charge in [-0.25, -0.2) is 4.79 Å². The van der Waals surface area contributed by atoms with Crippen LogP contribution in [0.15, 0.2) is 42.5 Å². The normalized spacial score (nSPS) is 11.9. The third-order valence-corrected chi connectivity index (χ3v) is 4.41. The zero-order valence-electron chi connectivity index (χ0n) is 17.0. The van der Waals surface area contributed by atoms with Crippen molar-refractivity contribution < 1.29 is 23.8 Å². The fourth-order valence-electron chi connectivity index (χ4n) is 2.99. The number of carbonyl (C=O) groups is 2. The second kappa shape index (κ2) is 10.5. The van der Waals surface area contributed by atoms with Crippen molar-refractivity contribution >= 4 is 22.8 Å². The zero-order chi connectivity index (χ0) is 20.5. The van der Waals surface area contributed by atoms with E-state index in [9.17, 15) is 9.59 Å². The first kappa shape index (κ1) is 21.5. The number of amides is 1. The molecule has 0 aromatic heterocycles. The van der Waals surface area contributed by atoms with Crippen molar-refractivity contribution in [3.05, 3.63) is 42.5 Å². The van der Waals surface area contributed by atoms with Gasteiger partial charge in [0.05, 0.1) is 13.7 Å². The summed E-state index contributed by atoms with van der Waals surface area (Å²) in [6.07, 6.45) is -0.225. The second-order valence-electron chi connectivity index (χ2n) is 6.87. The molecule has 2 aromatic carbocycles. The van der Waals surface area contributed by atoms with E-state index in [1.54, 1.807) is 4.90 Å². The van der Waals surface area contributed by atoms with Gasteiger partial charge in [0.15, 0.2) is 6.10 Å². The van der Waals surface area contributed by atoms with Gasteiger partial charge in [0.1, 0.15) is 12.4 Å².